The molecule has 0 spiro atoms. The first-order chi connectivity index (χ1) is 19.6. The van der Waals surface area contributed by atoms with Crippen LogP contribution in [0, 0.1) is 17.8 Å². The number of nitrogens with two attached hydrogens (primary N) is 1. The van der Waals surface area contributed by atoms with E-state index in [1.165, 1.54) is 0 Å². The Hall–Kier alpha value is -3.05. The Morgan fingerprint density at radius 2 is 1.73 bits per heavy atom. The first-order valence-corrected chi connectivity index (χ1v) is 15.9. The topological polar surface area (TPSA) is 137 Å². The van der Waals surface area contributed by atoms with E-state index in [2.05, 4.69) is 10.9 Å². The largest absolute Gasteiger partial charge is 0.350 e. The molecule has 1 aliphatic rings. The van der Waals surface area contributed by atoms with Gasteiger partial charge >= 0.3 is 0 Å². The Morgan fingerprint density at radius 3 is 2.29 bits per heavy atom. The molecule has 2 amide bonds. The van der Waals surface area contributed by atoms with Gasteiger partial charge in [0.15, 0.2) is 16.1 Å². The number of hydroxylamine groups is 1. The summed E-state index contributed by atoms with van der Waals surface area (Å²) in [5.74, 6) is 1.51. The van der Waals surface area contributed by atoms with Crippen LogP contribution in [-0.2, 0) is 35.4 Å². The molecule has 1 heterocycles. The second-order valence-corrected chi connectivity index (χ2v) is 13.4. The van der Waals surface area contributed by atoms with Gasteiger partial charge < -0.3 is 4.74 Å². The molecule has 0 aromatic heterocycles. The zero-order chi connectivity index (χ0) is 29.9. The van der Waals surface area contributed by atoms with Crippen molar-refractivity contribution in [3.63, 3.8) is 0 Å². The molecule has 4 atom stereocenters. The molecule has 4 N–H and O–H groups in total. The molecule has 224 valence electrons. The zero-order valence-electron chi connectivity index (χ0n) is 24.1. The van der Waals surface area contributed by atoms with Crippen LogP contribution in [0.15, 0.2) is 66.7 Å². The van der Waals surface area contributed by atoms with Crippen molar-refractivity contribution >= 4 is 27.7 Å². The molecular formula is C31H43N3O6S. The van der Waals surface area contributed by atoms with Gasteiger partial charge in [0.05, 0.1) is 11.8 Å². The quantitative estimate of drug-likeness (QED) is 0.173. The van der Waals surface area contributed by atoms with Gasteiger partial charge in [0.25, 0.3) is 0 Å². The third kappa shape index (κ3) is 8.48. The van der Waals surface area contributed by atoms with E-state index in [4.69, 9.17) is 15.4 Å². The number of amides is 2. The van der Waals surface area contributed by atoms with Crippen LogP contribution in [-0.4, -0.2) is 43.6 Å². The molecule has 0 saturated carbocycles. The van der Waals surface area contributed by atoms with Gasteiger partial charge in [0.1, 0.15) is 4.75 Å². The summed E-state index contributed by atoms with van der Waals surface area (Å²) in [5.41, 5.74) is 6.13. The van der Waals surface area contributed by atoms with Crippen molar-refractivity contribution in [3.8, 4) is 0 Å². The maximum atomic E-state index is 14.3. The van der Waals surface area contributed by atoms with Crippen molar-refractivity contribution in [1.82, 2.24) is 10.9 Å². The summed E-state index contributed by atoms with van der Waals surface area (Å²) in [5, 5.41) is 0. The fraction of sp³-hybridized carbons (Fsp3) is 0.484. The maximum absolute atomic E-state index is 14.3. The fourth-order valence-corrected chi connectivity index (χ4v) is 7.27. The zero-order valence-corrected chi connectivity index (χ0v) is 24.9. The fourth-order valence-electron chi connectivity index (χ4n) is 5.41. The van der Waals surface area contributed by atoms with Crippen LogP contribution in [0.4, 0.5) is 0 Å². The second kappa shape index (κ2) is 15.3. The van der Waals surface area contributed by atoms with Gasteiger partial charge in [-0.05, 0) is 42.7 Å². The van der Waals surface area contributed by atoms with Crippen molar-refractivity contribution in [3.05, 3.63) is 77.9 Å². The van der Waals surface area contributed by atoms with Crippen LogP contribution in [0.5, 0.6) is 0 Å². The molecule has 2 unspecified atom stereocenters. The SMILES string of the molecule is CCS(=O)(=O)C(/C=C/c1ccccc1)(Cc1ccccc1)[C@H](C(=O)NOC1CCCCO1)[C@@H](CC(C)C)C(=O)NN. The molecule has 1 fully saturated rings. The third-order valence-electron chi connectivity index (χ3n) is 7.48. The molecule has 9 nitrogen and oxygen atoms in total. The highest BCUT2D eigenvalue weighted by molar-refractivity contribution is 7.93. The summed E-state index contributed by atoms with van der Waals surface area (Å²) in [7, 11) is -4.06. The van der Waals surface area contributed by atoms with Gasteiger partial charge in [0, 0.05) is 18.8 Å². The lowest BCUT2D eigenvalue weighted by molar-refractivity contribution is -0.203. The molecule has 0 bridgehead atoms. The number of hydrazine groups is 1. The van der Waals surface area contributed by atoms with Crippen LogP contribution in [0.3, 0.4) is 0 Å². The Balaban J connectivity index is 2.25. The predicted molar refractivity (Wildman–Crippen MR) is 159 cm³/mol. The maximum Gasteiger partial charge on any atom is 0.249 e. The Morgan fingerprint density at radius 1 is 1.07 bits per heavy atom. The normalized spacial score (nSPS) is 18.9. The molecule has 3 rings (SSSR count). The van der Waals surface area contributed by atoms with E-state index >= 15 is 0 Å². The average Bonchev–Trinajstić information content (AvgIpc) is 2.99. The minimum absolute atomic E-state index is 0.0438. The summed E-state index contributed by atoms with van der Waals surface area (Å²) in [4.78, 5) is 33.3. The van der Waals surface area contributed by atoms with Crippen LogP contribution in [0.1, 0.15) is 57.6 Å². The summed E-state index contributed by atoms with van der Waals surface area (Å²) < 4.78 is 32.5. The molecule has 1 saturated heterocycles. The van der Waals surface area contributed by atoms with Gasteiger partial charge in [-0.3, -0.25) is 15.0 Å². The van der Waals surface area contributed by atoms with E-state index in [-0.39, 0.29) is 24.5 Å². The Bertz CT molecular complexity index is 1250. The van der Waals surface area contributed by atoms with Crippen LogP contribution >= 0.6 is 0 Å². The number of sulfone groups is 1. The first kappa shape index (κ1) is 32.5. The number of hydrogen-bond acceptors (Lipinski definition) is 7. The third-order valence-corrected chi connectivity index (χ3v) is 9.94. The van der Waals surface area contributed by atoms with Crippen molar-refractivity contribution in [2.45, 2.75) is 63.9 Å². The van der Waals surface area contributed by atoms with Gasteiger partial charge in [-0.2, -0.15) is 0 Å². The van der Waals surface area contributed by atoms with Gasteiger partial charge in [0.2, 0.25) is 11.8 Å². The Labute approximate surface area is 243 Å². The molecule has 2 aromatic rings. The van der Waals surface area contributed by atoms with Crippen molar-refractivity contribution in [1.29, 1.82) is 0 Å². The molecule has 1 aliphatic heterocycles. The smallest absolute Gasteiger partial charge is 0.249 e. The van der Waals surface area contributed by atoms with E-state index in [0.29, 0.717) is 18.6 Å². The number of benzene rings is 2. The van der Waals surface area contributed by atoms with Crippen molar-refractivity contribution < 1.29 is 27.6 Å². The van der Waals surface area contributed by atoms with Crippen LogP contribution in [0.25, 0.3) is 6.08 Å². The highest BCUT2D eigenvalue weighted by Gasteiger charge is 2.55. The minimum Gasteiger partial charge on any atom is -0.350 e. The highest BCUT2D eigenvalue weighted by atomic mass is 32.2. The monoisotopic (exact) mass is 585 g/mol. The average molecular weight is 586 g/mol. The minimum atomic E-state index is -4.06. The van der Waals surface area contributed by atoms with Gasteiger partial charge in [-0.15, -0.1) is 0 Å². The number of carbonyl (C=O) groups excluding carboxylic acids is 2. The first-order valence-electron chi connectivity index (χ1n) is 14.2. The lowest BCUT2D eigenvalue weighted by Gasteiger charge is -2.41. The number of ether oxygens (including phenoxy) is 1. The van der Waals surface area contributed by atoms with E-state index in [9.17, 15) is 18.0 Å². The van der Waals surface area contributed by atoms with E-state index in [1.54, 1.807) is 19.1 Å². The van der Waals surface area contributed by atoms with Crippen molar-refractivity contribution in [2.24, 2.45) is 23.6 Å². The van der Waals surface area contributed by atoms with E-state index in [0.717, 1.165) is 18.4 Å². The molecule has 41 heavy (non-hydrogen) atoms. The van der Waals surface area contributed by atoms with Crippen molar-refractivity contribution in [2.75, 3.05) is 12.4 Å². The van der Waals surface area contributed by atoms with E-state index in [1.807, 2.05) is 74.5 Å². The highest BCUT2D eigenvalue weighted by Crippen LogP contribution is 2.41. The Kier molecular flexibility index (Phi) is 12.1. The van der Waals surface area contributed by atoms with Gasteiger partial charge in [-0.1, -0.05) is 93.6 Å². The summed E-state index contributed by atoms with van der Waals surface area (Å²) in [6.07, 6.45) is 5.14. The standard InChI is InChI=1S/C31H43N3O6S/c1-4-41(37,38)31(22-25-15-9-6-10-16-25,19-18-24-13-7-5-8-14-24)28(26(21-23(2)3)29(35)33-32)30(36)34-40-27-17-11-12-20-39-27/h5-10,13-16,18-19,23,26-28H,4,11-12,17,20-22,32H2,1-3H3,(H,33,35)(H,34,36)/b19-18+/t26-,27?,28+,31?/m1/s1. The summed E-state index contributed by atoms with van der Waals surface area (Å²) in [6.45, 7) is 5.86. The molecular weight excluding hydrogens is 542 g/mol. The molecule has 0 aliphatic carbocycles. The number of nitrogens with one attached hydrogen (secondary N) is 2. The molecule has 10 heteroatoms. The number of carbonyl (C=O) groups is 2. The summed E-state index contributed by atoms with van der Waals surface area (Å²) in [6, 6.07) is 18.4. The molecule has 2 aromatic carbocycles. The lowest BCUT2D eigenvalue weighted by Crippen LogP contribution is -2.59. The second-order valence-electron chi connectivity index (χ2n) is 10.9. The number of rotatable bonds is 14. The van der Waals surface area contributed by atoms with Gasteiger partial charge in [-0.25, -0.2) is 24.6 Å². The lowest BCUT2D eigenvalue weighted by atomic mass is 9.73. The van der Waals surface area contributed by atoms with Crippen LogP contribution in [0.2, 0.25) is 0 Å². The van der Waals surface area contributed by atoms with Crippen LogP contribution < -0.4 is 16.7 Å². The van der Waals surface area contributed by atoms with E-state index < -0.39 is 44.5 Å². The molecule has 0 radical (unpaired) electrons. The number of hydrogen-bond donors (Lipinski definition) is 3. The predicted octanol–water partition coefficient (Wildman–Crippen LogP) is 3.96. The summed E-state index contributed by atoms with van der Waals surface area (Å²) >= 11 is 0.